The summed E-state index contributed by atoms with van der Waals surface area (Å²) in [6.45, 7) is 1.75. The summed E-state index contributed by atoms with van der Waals surface area (Å²) in [5, 5.41) is 0. The molecule has 1 aromatic carbocycles. The fraction of sp³-hybridized carbons (Fsp3) is 0.250. The van der Waals surface area contributed by atoms with Crippen LogP contribution in [0.15, 0.2) is 22.2 Å². The van der Waals surface area contributed by atoms with Crippen molar-refractivity contribution in [1.82, 2.24) is 0 Å². The molecule has 86 valence electrons. The van der Waals surface area contributed by atoms with Crippen LogP contribution in [0, 0.1) is 0 Å². The number of allylic oxidation sites excluding steroid dienone is 1. The molecule has 4 heteroatoms. The molecule has 0 heterocycles. The molecule has 0 aromatic heterocycles. The van der Waals surface area contributed by atoms with Gasteiger partial charge >= 0.3 is 0 Å². The third-order valence-electron chi connectivity index (χ3n) is 2.07. The van der Waals surface area contributed by atoms with Crippen LogP contribution in [-0.4, -0.2) is 20.5 Å². The largest absolute Gasteiger partial charge is 0.493 e. The zero-order valence-electron chi connectivity index (χ0n) is 9.41. The third kappa shape index (κ3) is 2.85. The molecule has 0 saturated heterocycles. The number of methoxy groups -OCH3 is 2. The van der Waals surface area contributed by atoms with Crippen LogP contribution in [0.3, 0.4) is 0 Å². The van der Waals surface area contributed by atoms with Crippen LogP contribution < -0.4 is 9.47 Å². The number of benzene rings is 1. The molecule has 0 unspecified atom stereocenters. The lowest BCUT2D eigenvalue weighted by Gasteiger charge is -2.10. The summed E-state index contributed by atoms with van der Waals surface area (Å²) in [7, 11) is 3.16. The number of carbonyl (C=O) groups is 1. The summed E-state index contributed by atoms with van der Waals surface area (Å²) in [5.74, 6) is 1.28. The second-order valence-electron chi connectivity index (χ2n) is 3.23. The summed E-state index contributed by atoms with van der Waals surface area (Å²) < 4.78 is 11.2. The first-order chi connectivity index (χ1) is 7.62. The lowest BCUT2D eigenvalue weighted by Crippen LogP contribution is -1.92. The average molecular weight is 285 g/mol. The minimum absolute atomic E-state index is 0.635. The van der Waals surface area contributed by atoms with Gasteiger partial charge in [0.2, 0.25) is 0 Å². The van der Waals surface area contributed by atoms with E-state index in [1.54, 1.807) is 27.2 Å². The van der Waals surface area contributed by atoms with Crippen molar-refractivity contribution in [3.8, 4) is 11.5 Å². The van der Waals surface area contributed by atoms with E-state index in [1.165, 1.54) is 0 Å². The van der Waals surface area contributed by atoms with E-state index >= 15 is 0 Å². The number of halogens is 1. The zero-order valence-corrected chi connectivity index (χ0v) is 11.0. The van der Waals surface area contributed by atoms with Gasteiger partial charge in [-0.2, -0.15) is 0 Å². The minimum Gasteiger partial charge on any atom is -0.493 e. The highest BCUT2D eigenvalue weighted by Crippen LogP contribution is 2.34. The Bertz CT molecular complexity index is 425. The Morgan fingerprint density at radius 1 is 1.25 bits per heavy atom. The molecule has 0 aliphatic heterocycles. The SMILES string of the molecule is COc1cc(Br)c(C=C(C)C=O)cc1OC. The normalized spacial score (nSPS) is 11.1. The highest BCUT2D eigenvalue weighted by atomic mass is 79.9. The number of hydrogen-bond acceptors (Lipinski definition) is 3. The third-order valence-corrected chi connectivity index (χ3v) is 2.76. The van der Waals surface area contributed by atoms with E-state index in [0.29, 0.717) is 17.1 Å². The molecule has 3 nitrogen and oxygen atoms in total. The van der Waals surface area contributed by atoms with Crippen LogP contribution in [0.2, 0.25) is 0 Å². The Labute approximate surface area is 103 Å². The summed E-state index contributed by atoms with van der Waals surface area (Å²) >= 11 is 3.41. The second-order valence-corrected chi connectivity index (χ2v) is 4.09. The summed E-state index contributed by atoms with van der Waals surface area (Å²) in [4.78, 5) is 10.6. The first-order valence-electron chi connectivity index (χ1n) is 4.67. The average Bonchev–Trinajstić information content (AvgIpc) is 2.30. The van der Waals surface area contributed by atoms with Crippen LogP contribution in [0.5, 0.6) is 11.5 Å². The number of aldehydes is 1. The van der Waals surface area contributed by atoms with Crippen molar-refractivity contribution in [3.63, 3.8) is 0 Å². The maximum atomic E-state index is 10.6. The minimum atomic E-state index is 0.635. The van der Waals surface area contributed by atoms with Crippen LogP contribution in [-0.2, 0) is 4.79 Å². The van der Waals surface area contributed by atoms with Crippen molar-refractivity contribution >= 4 is 28.3 Å². The van der Waals surface area contributed by atoms with Gasteiger partial charge in [0, 0.05) is 4.47 Å². The van der Waals surface area contributed by atoms with Crippen LogP contribution in [0.25, 0.3) is 6.08 Å². The topological polar surface area (TPSA) is 35.5 Å². The van der Waals surface area contributed by atoms with Gasteiger partial charge in [-0.1, -0.05) is 15.9 Å². The molecule has 0 fully saturated rings. The van der Waals surface area contributed by atoms with Crippen molar-refractivity contribution < 1.29 is 14.3 Å². The molecule has 0 saturated carbocycles. The van der Waals surface area contributed by atoms with Gasteiger partial charge < -0.3 is 9.47 Å². The van der Waals surface area contributed by atoms with Crippen LogP contribution >= 0.6 is 15.9 Å². The van der Waals surface area contributed by atoms with E-state index in [9.17, 15) is 4.79 Å². The molecule has 0 N–H and O–H groups in total. The summed E-state index contributed by atoms with van der Waals surface area (Å²) in [6.07, 6.45) is 2.59. The highest BCUT2D eigenvalue weighted by molar-refractivity contribution is 9.10. The number of rotatable bonds is 4. The molecule has 0 bridgehead atoms. The molecule has 0 radical (unpaired) electrons. The van der Waals surface area contributed by atoms with Crippen molar-refractivity contribution in [2.24, 2.45) is 0 Å². The molecular weight excluding hydrogens is 272 g/mol. The number of hydrogen-bond donors (Lipinski definition) is 0. The molecule has 1 rings (SSSR count). The lowest BCUT2D eigenvalue weighted by atomic mass is 10.1. The van der Waals surface area contributed by atoms with Gasteiger partial charge in [0.25, 0.3) is 0 Å². The Kier molecular flexibility index (Phi) is 4.55. The molecule has 0 aliphatic rings. The predicted octanol–water partition coefficient (Wildman–Crippen LogP) is 3.07. The summed E-state index contributed by atoms with van der Waals surface area (Å²) in [6, 6.07) is 3.62. The maximum absolute atomic E-state index is 10.6. The fourth-order valence-electron chi connectivity index (χ4n) is 1.26. The molecule has 16 heavy (non-hydrogen) atoms. The molecule has 0 aliphatic carbocycles. The van der Waals surface area contributed by atoms with E-state index in [2.05, 4.69) is 15.9 Å². The quantitative estimate of drug-likeness (QED) is 0.630. The summed E-state index contributed by atoms with van der Waals surface area (Å²) in [5.41, 5.74) is 1.52. The monoisotopic (exact) mass is 284 g/mol. The maximum Gasteiger partial charge on any atom is 0.161 e. The van der Waals surface area contributed by atoms with Gasteiger partial charge in [-0.05, 0) is 36.3 Å². The van der Waals surface area contributed by atoms with Crippen LogP contribution in [0.4, 0.5) is 0 Å². The predicted molar refractivity (Wildman–Crippen MR) is 67.0 cm³/mol. The highest BCUT2D eigenvalue weighted by Gasteiger charge is 2.07. The Morgan fingerprint density at radius 3 is 2.31 bits per heavy atom. The zero-order chi connectivity index (χ0) is 12.1. The van der Waals surface area contributed by atoms with Crippen molar-refractivity contribution in [3.05, 3.63) is 27.7 Å². The van der Waals surface area contributed by atoms with E-state index in [1.807, 2.05) is 12.1 Å². The van der Waals surface area contributed by atoms with Gasteiger partial charge in [0.1, 0.15) is 6.29 Å². The second kappa shape index (κ2) is 5.70. The van der Waals surface area contributed by atoms with Gasteiger partial charge in [-0.25, -0.2) is 0 Å². The molecule has 0 atom stereocenters. The first kappa shape index (κ1) is 12.8. The van der Waals surface area contributed by atoms with Gasteiger partial charge in [-0.3, -0.25) is 4.79 Å². The van der Waals surface area contributed by atoms with Crippen LogP contribution in [0.1, 0.15) is 12.5 Å². The fourth-order valence-corrected chi connectivity index (χ4v) is 1.70. The van der Waals surface area contributed by atoms with E-state index in [-0.39, 0.29) is 0 Å². The van der Waals surface area contributed by atoms with E-state index < -0.39 is 0 Å². The molecular formula is C12H13BrO3. The number of carbonyl (C=O) groups excluding carboxylic acids is 1. The van der Waals surface area contributed by atoms with Gasteiger partial charge in [-0.15, -0.1) is 0 Å². The molecule has 1 aromatic rings. The first-order valence-corrected chi connectivity index (χ1v) is 5.46. The Hall–Kier alpha value is -1.29. The standard InChI is InChI=1S/C12H13BrO3/c1-8(7-14)4-9-5-11(15-2)12(16-3)6-10(9)13/h4-7H,1-3H3. The molecule has 0 amide bonds. The molecule has 0 spiro atoms. The number of ether oxygens (including phenoxy) is 2. The van der Waals surface area contributed by atoms with Crippen molar-refractivity contribution in [2.45, 2.75) is 6.92 Å². The lowest BCUT2D eigenvalue weighted by molar-refractivity contribution is -0.104. The van der Waals surface area contributed by atoms with Crippen molar-refractivity contribution in [1.29, 1.82) is 0 Å². The Balaban J connectivity index is 3.26. The van der Waals surface area contributed by atoms with Gasteiger partial charge in [0.15, 0.2) is 11.5 Å². The van der Waals surface area contributed by atoms with Crippen molar-refractivity contribution in [2.75, 3.05) is 14.2 Å². The smallest absolute Gasteiger partial charge is 0.161 e. The van der Waals surface area contributed by atoms with E-state index in [4.69, 9.17) is 9.47 Å². The Morgan fingerprint density at radius 2 is 1.81 bits per heavy atom. The van der Waals surface area contributed by atoms with Gasteiger partial charge in [0.05, 0.1) is 14.2 Å². The van der Waals surface area contributed by atoms with E-state index in [0.717, 1.165) is 16.3 Å².